The molecule has 0 saturated carbocycles. The Morgan fingerprint density at radius 1 is 1.00 bits per heavy atom. The van der Waals surface area contributed by atoms with Crippen LogP contribution in [0.5, 0.6) is 11.5 Å². The minimum Gasteiger partial charge on any atom is -0.497 e. The summed E-state index contributed by atoms with van der Waals surface area (Å²) in [5, 5.41) is 3.02. The van der Waals surface area contributed by atoms with Crippen LogP contribution in [0, 0.1) is 13.8 Å². The Morgan fingerprint density at radius 3 is 2.53 bits per heavy atom. The summed E-state index contributed by atoms with van der Waals surface area (Å²) in [4.78, 5) is 26.0. The highest BCUT2D eigenvalue weighted by atomic mass is 16.5. The Balaban J connectivity index is 1.44. The zero-order chi connectivity index (χ0) is 22.8. The summed E-state index contributed by atoms with van der Waals surface area (Å²) < 4.78 is 16.4. The van der Waals surface area contributed by atoms with E-state index in [4.69, 9.17) is 13.9 Å². The molecule has 1 heterocycles. The summed E-state index contributed by atoms with van der Waals surface area (Å²) >= 11 is 0. The maximum absolute atomic E-state index is 12.7. The molecule has 164 valence electrons. The molecule has 0 spiro atoms. The second-order valence-corrected chi connectivity index (χ2v) is 7.90. The van der Waals surface area contributed by atoms with E-state index in [-0.39, 0.29) is 12.5 Å². The van der Waals surface area contributed by atoms with E-state index in [9.17, 15) is 9.59 Å². The maximum atomic E-state index is 12.7. The van der Waals surface area contributed by atoms with Crippen LogP contribution in [0.15, 0.2) is 63.8 Å². The van der Waals surface area contributed by atoms with Crippen LogP contribution < -0.4 is 15.1 Å². The summed E-state index contributed by atoms with van der Waals surface area (Å²) in [6.07, 6.45) is 0. The third-order valence-electron chi connectivity index (χ3n) is 5.63. The molecule has 0 aliphatic carbocycles. The van der Waals surface area contributed by atoms with Gasteiger partial charge in [-0.15, -0.1) is 0 Å². The zero-order valence-corrected chi connectivity index (χ0v) is 18.6. The highest BCUT2D eigenvalue weighted by Crippen LogP contribution is 2.28. The molecule has 0 aliphatic heterocycles. The van der Waals surface area contributed by atoms with Gasteiger partial charge >= 0.3 is 5.63 Å². The van der Waals surface area contributed by atoms with Gasteiger partial charge in [-0.05, 0) is 66.1 Å². The molecule has 0 radical (unpaired) electrons. The predicted molar refractivity (Wildman–Crippen MR) is 124 cm³/mol. The number of hydrogen-bond donors (Lipinski definition) is 0. The van der Waals surface area contributed by atoms with E-state index in [1.165, 1.54) is 6.07 Å². The number of carbonyl (C=O) groups is 1. The van der Waals surface area contributed by atoms with Crippen LogP contribution in [0.1, 0.15) is 16.7 Å². The fraction of sp³-hybridized carbons (Fsp3) is 0.231. The van der Waals surface area contributed by atoms with E-state index in [1.54, 1.807) is 25.1 Å². The van der Waals surface area contributed by atoms with Gasteiger partial charge in [0.25, 0.3) is 5.91 Å². The van der Waals surface area contributed by atoms with Gasteiger partial charge in [0.15, 0.2) is 6.61 Å². The average Bonchev–Trinajstić information content (AvgIpc) is 2.78. The Morgan fingerprint density at radius 2 is 1.75 bits per heavy atom. The van der Waals surface area contributed by atoms with Crippen molar-refractivity contribution in [3.05, 3.63) is 81.7 Å². The number of hydrogen-bond acceptors (Lipinski definition) is 5. The zero-order valence-electron chi connectivity index (χ0n) is 18.6. The molecular formula is C26H25NO5. The molecule has 0 atom stereocenters. The van der Waals surface area contributed by atoms with Crippen LogP contribution in [0.4, 0.5) is 0 Å². The van der Waals surface area contributed by atoms with E-state index in [2.05, 4.69) is 6.07 Å². The minimum absolute atomic E-state index is 0.107. The number of rotatable bonds is 6. The summed E-state index contributed by atoms with van der Waals surface area (Å²) in [5.41, 5.74) is 2.65. The highest BCUT2D eigenvalue weighted by Gasteiger charge is 2.14. The number of methoxy groups -OCH3 is 1. The lowest BCUT2D eigenvalue weighted by atomic mass is 10.1. The smallest absolute Gasteiger partial charge is 0.336 e. The van der Waals surface area contributed by atoms with Crippen molar-refractivity contribution in [3.63, 3.8) is 0 Å². The van der Waals surface area contributed by atoms with Gasteiger partial charge in [0.1, 0.15) is 17.1 Å². The summed E-state index contributed by atoms with van der Waals surface area (Å²) in [5.74, 6) is 1.19. The number of ether oxygens (including phenoxy) is 2. The molecular weight excluding hydrogens is 406 g/mol. The molecule has 6 heteroatoms. The molecule has 1 aromatic heterocycles. The highest BCUT2D eigenvalue weighted by molar-refractivity contribution is 5.86. The van der Waals surface area contributed by atoms with Crippen LogP contribution in [0.25, 0.3) is 21.7 Å². The number of aryl methyl sites for hydroxylation is 2. The third kappa shape index (κ3) is 4.30. The Labute approximate surface area is 186 Å². The van der Waals surface area contributed by atoms with E-state index >= 15 is 0 Å². The molecule has 32 heavy (non-hydrogen) atoms. The molecule has 0 N–H and O–H groups in total. The van der Waals surface area contributed by atoms with E-state index in [1.807, 2.05) is 50.2 Å². The standard InChI is InChI=1S/C26H25NO5/c1-16-11-25(29)32-26-17(2)23(10-9-22(16)26)31-15-24(28)27(3)14-18-5-6-20-13-21(30-4)8-7-19(20)12-18/h5-13H,14-15H2,1-4H3. The number of benzene rings is 3. The fourth-order valence-corrected chi connectivity index (χ4v) is 3.77. The number of fused-ring (bicyclic) bond motifs is 2. The van der Waals surface area contributed by atoms with Gasteiger partial charge in [0.05, 0.1) is 7.11 Å². The lowest BCUT2D eigenvalue weighted by Crippen LogP contribution is -2.31. The molecule has 0 aliphatic rings. The first-order valence-electron chi connectivity index (χ1n) is 10.3. The van der Waals surface area contributed by atoms with Crippen molar-refractivity contribution in [2.45, 2.75) is 20.4 Å². The lowest BCUT2D eigenvalue weighted by Gasteiger charge is -2.19. The molecule has 4 rings (SSSR count). The van der Waals surface area contributed by atoms with E-state index in [0.29, 0.717) is 23.4 Å². The predicted octanol–water partition coefficient (Wildman–Crippen LogP) is 4.61. The Hall–Kier alpha value is -3.80. The first kappa shape index (κ1) is 21.4. The van der Waals surface area contributed by atoms with Gasteiger partial charge in [-0.1, -0.05) is 18.2 Å². The van der Waals surface area contributed by atoms with Crippen LogP contribution in [-0.2, 0) is 11.3 Å². The third-order valence-corrected chi connectivity index (χ3v) is 5.63. The van der Waals surface area contributed by atoms with Crippen LogP contribution in [-0.4, -0.2) is 31.6 Å². The number of likely N-dealkylation sites (N-methyl/N-ethyl adjacent to an activating group) is 1. The molecule has 0 saturated heterocycles. The molecule has 3 aromatic carbocycles. The maximum Gasteiger partial charge on any atom is 0.336 e. The molecule has 6 nitrogen and oxygen atoms in total. The summed E-state index contributed by atoms with van der Waals surface area (Å²) in [6.45, 7) is 4.04. The van der Waals surface area contributed by atoms with Crippen molar-refractivity contribution in [2.75, 3.05) is 20.8 Å². The minimum atomic E-state index is -0.403. The SMILES string of the molecule is COc1ccc2cc(CN(C)C(=O)COc3ccc4c(C)cc(=O)oc4c3C)ccc2c1. The van der Waals surface area contributed by atoms with Crippen LogP contribution in [0.3, 0.4) is 0 Å². The van der Waals surface area contributed by atoms with Crippen molar-refractivity contribution in [3.8, 4) is 11.5 Å². The van der Waals surface area contributed by atoms with E-state index in [0.717, 1.165) is 33.0 Å². The molecule has 1 amide bonds. The Bertz CT molecular complexity index is 1370. The van der Waals surface area contributed by atoms with Crippen molar-refractivity contribution in [1.29, 1.82) is 0 Å². The van der Waals surface area contributed by atoms with Crippen LogP contribution in [0.2, 0.25) is 0 Å². The first-order valence-corrected chi connectivity index (χ1v) is 10.3. The first-order chi connectivity index (χ1) is 15.4. The lowest BCUT2D eigenvalue weighted by molar-refractivity contribution is -0.132. The van der Waals surface area contributed by atoms with Gasteiger partial charge < -0.3 is 18.8 Å². The second kappa shape index (κ2) is 8.75. The van der Waals surface area contributed by atoms with E-state index < -0.39 is 5.63 Å². The molecule has 0 unspecified atom stereocenters. The van der Waals surface area contributed by atoms with Crippen LogP contribution >= 0.6 is 0 Å². The molecule has 4 aromatic rings. The monoisotopic (exact) mass is 431 g/mol. The van der Waals surface area contributed by atoms with Crippen molar-refractivity contribution in [2.24, 2.45) is 0 Å². The van der Waals surface area contributed by atoms with Gasteiger partial charge in [0, 0.05) is 30.6 Å². The van der Waals surface area contributed by atoms with Crippen molar-refractivity contribution in [1.82, 2.24) is 4.90 Å². The van der Waals surface area contributed by atoms with Gasteiger partial charge in [0.2, 0.25) is 0 Å². The van der Waals surface area contributed by atoms with Crippen molar-refractivity contribution < 1.29 is 18.7 Å². The number of amides is 1. The molecule has 0 bridgehead atoms. The fourth-order valence-electron chi connectivity index (χ4n) is 3.77. The largest absolute Gasteiger partial charge is 0.497 e. The van der Waals surface area contributed by atoms with Gasteiger partial charge in [-0.25, -0.2) is 4.79 Å². The van der Waals surface area contributed by atoms with Gasteiger partial charge in [-0.2, -0.15) is 0 Å². The topological polar surface area (TPSA) is 69.0 Å². The summed E-state index contributed by atoms with van der Waals surface area (Å²) in [6, 6.07) is 17.1. The summed E-state index contributed by atoms with van der Waals surface area (Å²) in [7, 11) is 3.40. The quantitative estimate of drug-likeness (QED) is 0.417. The average molecular weight is 431 g/mol. The second-order valence-electron chi connectivity index (χ2n) is 7.90. The normalized spacial score (nSPS) is 11.0. The molecule has 0 fully saturated rings. The number of nitrogens with zero attached hydrogens (tertiary/aromatic N) is 1. The van der Waals surface area contributed by atoms with Gasteiger partial charge in [-0.3, -0.25) is 4.79 Å². The number of carbonyl (C=O) groups excluding carboxylic acids is 1. The Kier molecular flexibility index (Phi) is 5.86. The van der Waals surface area contributed by atoms with Crippen molar-refractivity contribution >= 4 is 27.6 Å².